The van der Waals surface area contributed by atoms with Crippen molar-refractivity contribution in [2.75, 3.05) is 26.2 Å². The topological polar surface area (TPSA) is 53.6 Å². The number of likely N-dealkylation sites (N-methyl/N-ethyl adjacent to an activating group) is 1. The molecule has 0 amide bonds. The number of aliphatic imine (C=N–C) groups is 1. The Labute approximate surface area is 119 Å². The van der Waals surface area contributed by atoms with E-state index in [2.05, 4.69) is 39.6 Å². The summed E-state index contributed by atoms with van der Waals surface area (Å²) in [6.07, 6.45) is 3.72. The Morgan fingerprint density at radius 3 is 3.05 bits per heavy atom. The highest BCUT2D eigenvalue weighted by Crippen LogP contribution is 2.25. The van der Waals surface area contributed by atoms with Crippen molar-refractivity contribution < 1.29 is 0 Å². The normalized spacial score (nSPS) is 16.0. The molecule has 5 heteroatoms. The van der Waals surface area contributed by atoms with Gasteiger partial charge in [0.15, 0.2) is 5.96 Å². The van der Waals surface area contributed by atoms with E-state index in [9.17, 15) is 0 Å². The molecule has 0 bridgehead atoms. The van der Waals surface area contributed by atoms with Crippen LogP contribution in [0.3, 0.4) is 0 Å². The first-order valence-electron chi connectivity index (χ1n) is 7.10. The molecule has 4 nitrogen and oxygen atoms in total. The molecular formula is C14H24N4S. The van der Waals surface area contributed by atoms with Crippen LogP contribution in [0.1, 0.15) is 24.6 Å². The van der Waals surface area contributed by atoms with E-state index in [0.29, 0.717) is 5.96 Å². The molecule has 1 aromatic heterocycles. The molecule has 0 aliphatic heterocycles. The fraction of sp³-hybridized carbons (Fsp3) is 0.643. The lowest BCUT2D eigenvalue weighted by atomic mass is 10.3. The first-order chi connectivity index (χ1) is 9.29. The number of nitrogens with zero attached hydrogens (tertiary/aromatic N) is 2. The molecular weight excluding hydrogens is 256 g/mol. The lowest BCUT2D eigenvalue weighted by Crippen LogP contribution is -2.34. The molecule has 0 aromatic carbocycles. The minimum Gasteiger partial charge on any atom is -0.370 e. The van der Waals surface area contributed by atoms with Gasteiger partial charge in [-0.25, -0.2) is 0 Å². The van der Waals surface area contributed by atoms with Crippen LogP contribution in [0.5, 0.6) is 0 Å². The zero-order chi connectivity index (χ0) is 13.5. The van der Waals surface area contributed by atoms with Gasteiger partial charge in [-0.05, 0) is 37.3 Å². The molecule has 19 heavy (non-hydrogen) atoms. The second-order valence-corrected chi connectivity index (χ2v) is 5.92. The highest BCUT2D eigenvalue weighted by Gasteiger charge is 2.26. The maximum Gasteiger partial charge on any atom is 0.188 e. The summed E-state index contributed by atoms with van der Waals surface area (Å²) in [6, 6.07) is 5.04. The zero-order valence-electron chi connectivity index (χ0n) is 11.6. The second kappa shape index (κ2) is 7.50. The molecule has 1 aromatic rings. The lowest BCUT2D eigenvalue weighted by molar-refractivity contribution is 0.286. The molecule has 1 aliphatic carbocycles. The van der Waals surface area contributed by atoms with E-state index in [1.165, 1.54) is 17.7 Å². The Bertz CT molecular complexity index is 384. The minimum atomic E-state index is 0.573. The van der Waals surface area contributed by atoms with Crippen LogP contribution in [-0.2, 0) is 6.42 Å². The predicted octanol–water partition coefficient (Wildman–Crippen LogP) is 1.68. The number of guanidine groups is 1. The van der Waals surface area contributed by atoms with Gasteiger partial charge in [0.05, 0.1) is 6.54 Å². The summed E-state index contributed by atoms with van der Waals surface area (Å²) in [7, 11) is 0. The van der Waals surface area contributed by atoms with Gasteiger partial charge in [-0.2, -0.15) is 0 Å². The Kier molecular flexibility index (Phi) is 5.66. The highest BCUT2D eigenvalue weighted by atomic mass is 32.1. The summed E-state index contributed by atoms with van der Waals surface area (Å²) >= 11 is 1.78. The van der Waals surface area contributed by atoms with Crippen LogP contribution < -0.4 is 11.1 Å². The number of nitrogens with one attached hydrogen (secondary N) is 1. The van der Waals surface area contributed by atoms with Crippen LogP contribution in [0.4, 0.5) is 0 Å². The molecule has 0 atom stereocenters. The summed E-state index contributed by atoms with van der Waals surface area (Å²) in [5, 5.41) is 5.27. The van der Waals surface area contributed by atoms with Gasteiger partial charge in [0.2, 0.25) is 0 Å². The van der Waals surface area contributed by atoms with Crippen LogP contribution in [0.2, 0.25) is 0 Å². The van der Waals surface area contributed by atoms with Crippen molar-refractivity contribution >= 4 is 17.3 Å². The van der Waals surface area contributed by atoms with Gasteiger partial charge in [0.25, 0.3) is 0 Å². The molecule has 0 unspecified atom stereocenters. The van der Waals surface area contributed by atoms with Crippen molar-refractivity contribution in [2.45, 2.75) is 32.2 Å². The van der Waals surface area contributed by atoms with Crippen LogP contribution in [0, 0.1) is 0 Å². The zero-order valence-corrected chi connectivity index (χ0v) is 12.5. The summed E-state index contributed by atoms with van der Waals surface area (Å²) in [6.45, 7) is 6.00. The fourth-order valence-corrected chi connectivity index (χ4v) is 2.87. The summed E-state index contributed by atoms with van der Waals surface area (Å²) < 4.78 is 0. The molecule has 1 saturated carbocycles. The van der Waals surface area contributed by atoms with Gasteiger partial charge < -0.3 is 11.1 Å². The van der Waals surface area contributed by atoms with Crippen LogP contribution in [-0.4, -0.2) is 43.1 Å². The number of hydrogen-bond donors (Lipinski definition) is 2. The quantitative estimate of drug-likeness (QED) is 0.563. The molecule has 0 saturated heterocycles. The molecule has 106 valence electrons. The van der Waals surface area contributed by atoms with Crippen LogP contribution in [0.15, 0.2) is 22.5 Å². The van der Waals surface area contributed by atoms with E-state index in [4.69, 9.17) is 5.73 Å². The smallest absolute Gasteiger partial charge is 0.188 e. The van der Waals surface area contributed by atoms with Crippen molar-refractivity contribution in [3.63, 3.8) is 0 Å². The largest absolute Gasteiger partial charge is 0.370 e. The van der Waals surface area contributed by atoms with Crippen molar-refractivity contribution in [2.24, 2.45) is 10.7 Å². The maximum absolute atomic E-state index is 5.86. The van der Waals surface area contributed by atoms with Crippen LogP contribution >= 0.6 is 11.3 Å². The molecule has 1 aliphatic rings. The third-order valence-corrected chi connectivity index (χ3v) is 4.33. The highest BCUT2D eigenvalue weighted by molar-refractivity contribution is 7.09. The fourth-order valence-electron chi connectivity index (χ4n) is 2.16. The first-order valence-corrected chi connectivity index (χ1v) is 7.97. The summed E-state index contributed by atoms with van der Waals surface area (Å²) in [5.41, 5.74) is 5.86. The van der Waals surface area contributed by atoms with Gasteiger partial charge >= 0.3 is 0 Å². The van der Waals surface area contributed by atoms with E-state index >= 15 is 0 Å². The Hall–Kier alpha value is -1.07. The van der Waals surface area contributed by atoms with E-state index in [1.807, 2.05) is 0 Å². The van der Waals surface area contributed by atoms with Crippen molar-refractivity contribution in [1.82, 2.24) is 10.2 Å². The van der Waals surface area contributed by atoms with Crippen molar-refractivity contribution in [3.8, 4) is 0 Å². The standard InChI is InChI=1S/C14H24N4S/c1-2-18(12-5-6-12)10-9-17-14(15)16-8-7-13-4-3-11-19-13/h3-4,11-12H,2,5-10H2,1H3,(H3,15,16,17). The Morgan fingerprint density at radius 2 is 2.42 bits per heavy atom. The average Bonchev–Trinajstić information content (AvgIpc) is 3.12. The molecule has 0 radical (unpaired) electrons. The van der Waals surface area contributed by atoms with Crippen LogP contribution in [0.25, 0.3) is 0 Å². The number of hydrogen-bond acceptors (Lipinski definition) is 3. The lowest BCUT2D eigenvalue weighted by Gasteiger charge is -2.18. The minimum absolute atomic E-state index is 0.573. The van der Waals surface area contributed by atoms with Crippen molar-refractivity contribution in [1.29, 1.82) is 0 Å². The summed E-state index contributed by atoms with van der Waals surface area (Å²) in [5.74, 6) is 0.573. The van der Waals surface area contributed by atoms with Crippen molar-refractivity contribution in [3.05, 3.63) is 22.4 Å². The maximum atomic E-state index is 5.86. The van der Waals surface area contributed by atoms with Gasteiger partial charge in [-0.3, -0.25) is 9.89 Å². The van der Waals surface area contributed by atoms with Gasteiger partial charge in [0, 0.05) is 24.0 Å². The van der Waals surface area contributed by atoms with E-state index in [0.717, 1.165) is 38.6 Å². The number of thiophene rings is 1. The molecule has 0 spiro atoms. The third kappa shape index (κ3) is 5.20. The third-order valence-electron chi connectivity index (χ3n) is 3.40. The average molecular weight is 280 g/mol. The first kappa shape index (κ1) is 14.3. The monoisotopic (exact) mass is 280 g/mol. The number of nitrogens with two attached hydrogens (primary N) is 1. The van der Waals surface area contributed by atoms with Gasteiger partial charge in [0.1, 0.15) is 0 Å². The second-order valence-electron chi connectivity index (χ2n) is 4.88. The molecule has 1 heterocycles. The van der Waals surface area contributed by atoms with E-state index < -0.39 is 0 Å². The molecule has 2 rings (SSSR count). The van der Waals surface area contributed by atoms with E-state index in [1.54, 1.807) is 11.3 Å². The van der Waals surface area contributed by atoms with Gasteiger partial charge in [-0.1, -0.05) is 13.0 Å². The predicted molar refractivity (Wildman–Crippen MR) is 82.8 cm³/mol. The molecule has 3 N–H and O–H groups in total. The molecule has 1 fully saturated rings. The van der Waals surface area contributed by atoms with E-state index in [-0.39, 0.29) is 0 Å². The number of rotatable bonds is 8. The summed E-state index contributed by atoms with van der Waals surface area (Å²) in [4.78, 5) is 8.26. The Morgan fingerprint density at radius 1 is 1.58 bits per heavy atom. The SMILES string of the molecule is CCN(CCN=C(N)NCCc1cccs1)C1CC1. The Balaban J connectivity index is 1.59. The van der Waals surface area contributed by atoms with Gasteiger partial charge in [-0.15, -0.1) is 11.3 Å².